The first-order chi connectivity index (χ1) is 25.2. The Morgan fingerprint density at radius 3 is 1.46 bits per heavy atom. The minimum atomic E-state index is -3.59. The van der Waals surface area contributed by atoms with Crippen LogP contribution < -0.4 is 28.3 Å². The molecule has 56 heavy (non-hydrogen) atoms. The largest absolute Gasteiger partial charge is 1.00 e. The summed E-state index contributed by atoms with van der Waals surface area (Å²) in [4.78, 5) is 24.2. The van der Waals surface area contributed by atoms with Crippen molar-refractivity contribution in [2.45, 2.75) is 6.92 Å². The van der Waals surface area contributed by atoms with Crippen molar-refractivity contribution in [1.82, 2.24) is 0 Å². The second-order valence-corrected chi connectivity index (χ2v) is 16.5. The Labute approximate surface area is 344 Å². The number of carboxylic acid groups (broad SMARTS) is 1. The molecule has 2 aromatic heterocycles. The van der Waals surface area contributed by atoms with E-state index in [2.05, 4.69) is 41.3 Å². The molecule has 6 rings (SSSR count). The van der Waals surface area contributed by atoms with Crippen molar-refractivity contribution in [2.24, 2.45) is 0 Å². The maximum Gasteiger partial charge on any atom is 1.00 e. The van der Waals surface area contributed by atoms with E-state index in [1.807, 2.05) is 0 Å². The van der Waals surface area contributed by atoms with Crippen LogP contribution in [-0.2, 0) is 24.8 Å². The van der Waals surface area contributed by atoms with E-state index in [-0.39, 0.29) is 103 Å². The first kappa shape index (κ1) is 46.0. The number of fused-ring (bicyclic) bond motifs is 2. The topological polar surface area (TPSA) is 212 Å². The third kappa shape index (κ3) is 10.3. The van der Waals surface area contributed by atoms with Gasteiger partial charge in [-0.1, -0.05) is 0 Å². The van der Waals surface area contributed by atoms with Crippen LogP contribution in [0.3, 0.4) is 0 Å². The van der Waals surface area contributed by atoms with Crippen LogP contribution >= 0.6 is 31.9 Å². The Kier molecular flexibility index (Phi) is 14.7. The standard InChI is InChI=1S/C18H14BrF2NO5S.C16H10BrF2NO5S.Li.H2O/c1-3-26-18(23)16-11-7-12(19)14(22-28(2,24)25)8-15(11)27-17(16)10-5-4-9(20)6-13(10)21;1-26(23,24)20-12-6-13-9(5-10(12)17)14(16(21)22)15(25-13)8-3-2-7(18)4-11(8)19;;/h4-8,22H,3H2,1-2H3;2-6,20H,1H3,(H,21,22);;1H2/q;;+1;/p-1. The molecule has 292 valence electrons. The fourth-order valence-electron chi connectivity index (χ4n) is 5.13. The number of hydrogen-bond acceptors (Lipinski definition) is 10. The van der Waals surface area contributed by atoms with Crippen LogP contribution in [0.5, 0.6) is 0 Å². The number of benzene rings is 4. The van der Waals surface area contributed by atoms with E-state index in [0.29, 0.717) is 16.6 Å². The van der Waals surface area contributed by atoms with E-state index in [1.54, 1.807) is 6.92 Å². The van der Waals surface area contributed by atoms with E-state index in [0.717, 1.165) is 36.8 Å². The molecule has 0 amide bonds. The molecular weight excluding hydrogens is 919 g/mol. The average Bonchev–Trinajstić information content (AvgIpc) is 3.58. The molecule has 22 heteroatoms. The molecule has 13 nitrogen and oxygen atoms in total. The van der Waals surface area contributed by atoms with Crippen LogP contribution in [-0.4, -0.2) is 58.5 Å². The number of halogens is 6. The first-order valence-corrected chi connectivity index (χ1v) is 20.3. The molecule has 0 aliphatic carbocycles. The van der Waals surface area contributed by atoms with Crippen LogP contribution in [0, 0.1) is 23.3 Å². The second kappa shape index (κ2) is 17.8. The summed E-state index contributed by atoms with van der Waals surface area (Å²) in [6, 6.07) is 11.0. The van der Waals surface area contributed by atoms with Crippen LogP contribution in [0.2, 0.25) is 0 Å². The van der Waals surface area contributed by atoms with Gasteiger partial charge in [0.25, 0.3) is 0 Å². The SMILES string of the molecule is CCOC(=O)c1c(-c2ccc(F)cc2F)oc2cc(NS(C)(=O)=O)c(Br)cc12.CS(=O)(=O)Nc1cc2oc(-c3ccc(F)cc3F)c(C(=O)O)c2cc1Br.[Li+].[OH-]. The number of esters is 1. The van der Waals surface area contributed by atoms with Gasteiger partial charge < -0.3 is 24.2 Å². The van der Waals surface area contributed by atoms with Crippen molar-refractivity contribution >= 4 is 97.2 Å². The van der Waals surface area contributed by atoms with Crippen LogP contribution in [0.4, 0.5) is 28.9 Å². The predicted octanol–water partition coefficient (Wildman–Crippen LogP) is 5.73. The normalized spacial score (nSPS) is 11.2. The molecule has 0 aliphatic rings. The van der Waals surface area contributed by atoms with Crippen LogP contribution in [0.1, 0.15) is 27.6 Å². The van der Waals surface area contributed by atoms with Crippen LogP contribution in [0.15, 0.2) is 78.4 Å². The van der Waals surface area contributed by atoms with Gasteiger partial charge in [0.1, 0.15) is 45.6 Å². The number of sulfonamides is 2. The Balaban J connectivity index is 0.000000291. The monoisotopic (exact) mass is 942 g/mol. The molecule has 4 N–H and O–H groups in total. The minimum absolute atomic E-state index is 0. The molecule has 0 fully saturated rings. The van der Waals surface area contributed by atoms with Gasteiger partial charge in [-0.3, -0.25) is 9.44 Å². The van der Waals surface area contributed by atoms with Gasteiger partial charge in [0, 0.05) is 44.0 Å². The van der Waals surface area contributed by atoms with E-state index >= 15 is 0 Å². The number of nitrogens with one attached hydrogen (secondary N) is 2. The van der Waals surface area contributed by atoms with E-state index in [4.69, 9.17) is 13.6 Å². The van der Waals surface area contributed by atoms with Gasteiger partial charge in [-0.25, -0.2) is 44.0 Å². The predicted molar refractivity (Wildman–Crippen MR) is 200 cm³/mol. The van der Waals surface area contributed by atoms with E-state index in [9.17, 15) is 49.1 Å². The van der Waals surface area contributed by atoms with Gasteiger partial charge in [0.2, 0.25) is 20.0 Å². The van der Waals surface area contributed by atoms with Crippen molar-refractivity contribution < 1.29 is 87.0 Å². The third-order valence-corrected chi connectivity index (χ3v) is 9.68. The summed E-state index contributed by atoms with van der Waals surface area (Å²) in [6.45, 7) is 1.69. The zero-order chi connectivity index (χ0) is 39.9. The zero-order valence-electron chi connectivity index (χ0n) is 29.1. The maximum atomic E-state index is 14.3. The van der Waals surface area contributed by atoms with E-state index in [1.165, 1.54) is 24.3 Å². The molecule has 0 atom stereocenters. The number of furan rings is 2. The van der Waals surface area contributed by atoms with Crippen molar-refractivity contribution in [3.8, 4) is 22.6 Å². The number of aromatic carboxylic acids is 1. The summed E-state index contributed by atoms with van der Waals surface area (Å²) in [5.41, 5.74) is -0.289. The minimum Gasteiger partial charge on any atom is -0.870 e. The van der Waals surface area contributed by atoms with Gasteiger partial charge >= 0.3 is 30.8 Å². The molecule has 6 aromatic rings. The van der Waals surface area contributed by atoms with Crippen LogP contribution in [0.25, 0.3) is 44.6 Å². The summed E-state index contributed by atoms with van der Waals surface area (Å²) in [7, 11) is -7.17. The fraction of sp³-hybridized carbons (Fsp3) is 0.118. The van der Waals surface area contributed by atoms with Gasteiger partial charge in [0.05, 0.1) is 41.6 Å². The Hall–Kier alpha value is -4.36. The summed E-state index contributed by atoms with van der Waals surface area (Å²) in [5, 5.41) is 9.93. The fourth-order valence-corrected chi connectivity index (χ4v) is 7.42. The van der Waals surface area contributed by atoms with Crippen molar-refractivity contribution in [1.29, 1.82) is 0 Å². The van der Waals surface area contributed by atoms with Gasteiger partial charge in [-0.2, -0.15) is 0 Å². The van der Waals surface area contributed by atoms with Gasteiger partial charge in [0.15, 0.2) is 11.5 Å². The van der Waals surface area contributed by atoms with Crippen molar-refractivity contribution in [2.75, 3.05) is 28.6 Å². The first-order valence-electron chi connectivity index (χ1n) is 15.0. The number of rotatable bonds is 9. The number of carbonyl (C=O) groups is 2. The number of ether oxygens (including phenoxy) is 1. The number of anilines is 2. The number of carboxylic acids is 1. The Morgan fingerprint density at radius 2 is 1.11 bits per heavy atom. The van der Waals surface area contributed by atoms with E-state index < -0.39 is 55.3 Å². The quantitative estimate of drug-likeness (QED) is 0.0906. The molecule has 0 bridgehead atoms. The van der Waals surface area contributed by atoms with Crippen molar-refractivity contribution in [3.05, 3.63) is 104 Å². The third-order valence-electron chi connectivity index (χ3n) is 7.19. The number of hydrogen-bond donors (Lipinski definition) is 3. The molecule has 0 radical (unpaired) electrons. The average molecular weight is 944 g/mol. The molecule has 2 heterocycles. The molecule has 0 spiro atoms. The zero-order valence-corrected chi connectivity index (χ0v) is 33.9. The molecule has 0 unspecified atom stereocenters. The van der Waals surface area contributed by atoms with Crippen molar-refractivity contribution in [3.63, 3.8) is 0 Å². The Morgan fingerprint density at radius 1 is 0.714 bits per heavy atom. The second-order valence-electron chi connectivity index (χ2n) is 11.3. The number of carbonyl (C=O) groups excluding carboxylic acids is 1. The summed E-state index contributed by atoms with van der Waals surface area (Å²) in [5.74, 6) is -6.08. The molecule has 0 saturated heterocycles. The summed E-state index contributed by atoms with van der Waals surface area (Å²) in [6.07, 6.45) is 1.93. The van der Waals surface area contributed by atoms with Gasteiger partial charge in [-0.15, -0.1) is 0 Å². The molecular formula is C34H25Br2F4LiN2O11S2. The summed E-state index contributed by atoms with van der Waals surface area (Å²) >= 11 is 6.40. The smallest absolute Gasteiger partial charge is 0.870 e. The molecule has 0 saturated carbocycles. The summed E-state index contributed by atoms with van der Waals surface area (Å²) < 4.78 is 122. The van der Waals surface area contributed by atoms with Gasteiger partial charge in [-0.05, 0) is 75.2 Å². The maximum absolute atomic E-state index is 14.3. The Bertz CT molecular complexity index is 2730. The molecule has 0 aliphatic heterocycles. The molecule has 4 aromatic carbocycles.